The van der Waals surface area contributed by atoms with Gasteiger partial charge in [-0.2, -0.15) is 0 Å². The molecule has 5 aliphatic rings. The van der Waals surface area contributed by atoms with Gasteiger partial charge in [0, 0.05) is 33.7 Å². The lowest BCUT2D eigenvalue weighted by molar-refractivity contribution is 0.332. The summed E-state index contributed by atoms with van der Waals surface area (Å²) in [6.45, 7) is 37.3. The second-order valence-electron chi connectivity index (χ2n) is 27.5. The molecule has 6 aromatic carbocycles. The van der Waals surface area contributed by atoms with Crippen LogP contribution >= 0.6 is 0 Å². The van der Waals surface area contributed by atoms with Gasteiger partial charge in [0.2, 0.25) is 0 Å². The average Bonchev–Trinajstić information content (AvgIpc) is 3.74. The van der Waals surface area contributed by atoms with E-state index in [1.54, 1.807) is 0 Å². The van der Waals surface area contributed by atoms with Crippen LogP contribution in [-0.4, -0.2) is 6.71 Å². The Hall–Kier alpha value is -5.48. The first-order valence-corrected chi connectivity index (χ1v) is 26.7. The highest BCUT2D eigenvalue weighted by molar-refractivity contribution is 7.00. The second kappa shape index (κ2) is 14.8. The fourth-order valence-corrected chi connectivity index (χ4v) is 13.8. The number of anilines is 6. The van der Waals surface area contributed by atoms with E-state index in [-0.39, 0.29) is 80.4 Å². The van der Waals surface area contributed by atoms with E-state index in [2.05, 4.69) is 193 Å². The monoisotopic (exact) mass is 942 g/mol. The molecule has 3 nitrogen and oxygen atoms in total. The van der Waals surface area contributed by atoms with E-state index in [1.807, 2.05) is 0 Å². The van der Waals surface area contributed by atoms with Crippen LogP contribution in [0.1, 0.15) is 194 Å². The summed E-state index contributed by atoms with van der Waals surface area (Å²) in [6, 6.07) is 26.9. The lowest BCUT2D eigenvalue weighted by Crippen LogP contribution is -2.61. The third-order valence-electron chi connectivity index (χ3n) is 18.7. The summed E-state index contributed by atoms with van der Waals surface area (Å²) in [5.41, 5.74) is 20.5. The lowest BCUT2D eigenvalue weighted by atomic mass is 9.35. The SMILES string of the molecule is [2H]c1c([2H])c([2H])c(-c2cc3c(cc2N2c4cc5c(cc4B4c6oc7ccc(C(C)(C)C)cc7c6N(c6ccc7c(c6)C(C)(C)CCC7(C)C)c6cc(C)cc2c64)C(C)(C)CCC5(C)C)C(C)(C)CCC3(C)C)c([2H])c1[2H]. The predicted molar refractivity (Wildman–Crippen MR) is 305 cm³/mol. The molecule has 7 aromatic rings. The number of benzene rings is 6. The molecule has 0 saturated heterocycles. The molecule has 0 saturated carbocycles. The van der Waals surface area contributed by atoms with Crippen molar-refractivity contribution in [3.63, 3.8) is 0 Å². The molecule has 71 heavy (non-hydrogen) atoms. The van der Waals surface area contributed by atoms with E-state index >= 15 is 0 Å². The fraction of sp³-hybridized carbons (Fsp3) is 0.433. The van der Waals surface area contributed by atoms with Gasteiger partial charge in [0.25, 0.3) is 6.71 Å². The molecule has 3 aliphatic carbocycles. The van der Waals surface area contributed by atoms with Crippen LogP contribution in [0.15, 0.2) is 107 Å². The van der Waals surface area contributed by atoms with E-state index in [0.717, 1.165) is 111 Å². The van der Waals surface area contributed by atoms with Gasteiger partial charge in [-0.3, -0.25) is 0 Å². The van der Waals surface area contributed by atoms with Gasteiger partial charge in [-0.1, -0.05) is 152 Å². The van der Waals surface area contributed by atoms with Crippen LogP contribution in [0.25, 0.3) is 22.1 Å². The molecule has 0 N–H and O–H groups in total. The number of hydrogen-bond acceptors (Lipinski definition) is 3. The average molecular weight is 942 g/mol. The normalized spacial score (nSPS) is 21.4. The van der Waals surface area contributed by atoms with Crippen molar-refractivity contribution < 1.29 is 11.3 Å². The number of fused-ring (bicyclic) bond motifs is 9. The highest BCUT2D eigenvalue weighted by atomic mass is 16.3. The summed E-state index contributed by atoms with van der Waals surface area (Å²) in [4.78, 5) is 4.98. The zero-order chi connectivity index (χ0) is 54.7. The number of nitrogens with zero attached hydrogens (tertiary/aromatic N) is 2. The van der Waals surface area contributed by atoms with Crippen molar-refractivity contribution in [3.05, 3.63) is 148 Å². The highest BCUT2D eigenvalue weighted by Gasteiger charge is 2.50. The van der Waals surface area contributed by atoms with Crippen LogP contribution in [0.5, 0.6) is 0 Å². The second-order valence-corrected chi connectivity index (χ2v) is 27.5. The molecule has 0 radical (unpaired) electrons. The van der Waals surface area contributed by atoms with Crippen molar-refractivity contribution in [2.24, 2.45) is 0 Å². The van der Waals surface area contributed by atoms with Gasteiger partial charge in [0.1, 0.15) is 5.58 Å². The van der Waals surface area contributed by atoms with Crippen LogP contribution in [0, 0.1) is 6.92 Å². The Bertz CT molecular complexity index is 3670. The Morgan fingerprint density at radius 3 is 1.61 bits per heavy atom. The highest BCUT2D eigenvalue weighted by Crippen LogP contribution is 2.56. The number of hydrogen-bond donors (Lipinski definition) is 0. The Kier molecular flexibility index (Phi) is 8.57. The van der Waals surface area contributed by atoms with E-state index < -0.39 is 0 Å². The minimum Gasteiger partial charge on any atom is -0.468 e. The van der Waals surface area contributed by atoms with Gasteiger partial charge in [0.05, 0.1) is 23.9 Å². The number of aryl methyl sites for hydroxylation is 1. The zero-order valence-electron chi connectivity index (χ0n) is 50.6. The summed E-state index contributed by atoms with van der Waals surface area (Å²) in [7, 11) is 0. The number of rotatable bonds is 3. The quantitative estimate of drug-likeness (QED) is 0.165. The molecule has 4 heteroatoms. The smallest absolute Gasteiger partial charge is 0.297 e. The van der Waals surface area contributed by atoms with Crippen LogP contribution < -0.4 is 26.4 Å². The first-order chi connectivity index (χ1) is 35.3. The summed E-state index contributed by atoms with van der Waals surface area (Å²) in [5, 5.41) is 1.10. The minimum atomic E-state index is -0.388. The molecule has 0 bridgehead atoms. The van der Waals surface area contributed by atoms with Crippen molar-refractivity contribution >= 4 is 68.4 Å². The molecule has 364 valence electrons. The first kappa shape index (κ1) is 41.0. The topological polar surface area (TPSA) is 19.6 Å². The summed E-state index contributed by atoms with van der Waals surface area (Å²) in [6.07, 6.45) is 6.28. The van der Waals surface area contributed by atoms with Crippen LogP contribution in [0.4, 0.5) is 34.1 Å². The lowest BCUT2D eigenvalue weighted by Gasteiger charge is -2.48. The van der Waals surface area contributed by atoms with Gasteiger partial charge in [-0.15, -0.1) is 0 Å². The molecular weight excluding hydrogens is 860 g/mol. The van der Waals surface area contributed by atoms with Crippen molar-refractivity contribution in [2.75, 3.05) is 9.80 Å². The molecule has 3 heterocycles. The molecule has 0 atom stereocenters. The largest absolute Gasteiger partial charge is 0.468 e. The van der Waals surface area contributed by atoms with E-state index in [4.69, 9.17) is 8.53 Å². The van der Waals surface area contributed by atoms with Crippen molar-refractivity contribution in [2.45, 2.75) is 187 Å². The molecule has 0 unspecified atom stereocenters. The summed E-state index contributed by atoms with van der Waals surface area (Å²) < 4.78 is 53.8. The summed E-state index contributed by atoms with van der Waals surface area (Å²) in [5.74, 6) is 0. The van der Waals surface area contributed by atoms with Crippen LogP contribution in [0.3, 0.4) is 0 Å². The first-order valence-electron chi connectivity index (χ1n) is 29.2. The molecule has 0 fully saturated rings. The van der Waals surface area contributed by atoms with Crippen LogP contribution in [0.2, 0.25) is 0 Å². The fourth-order valence-electron chi connectivity index (χ4n) is 13.8. The molecule has 1 aromatic heterocycles. The van der Waals surface area contributed by atoms with Crippen molar-refractivity contribution in [1.82, 2.24) is 0 Å². The maximum Gasteiger partial charge on any atom is 0.297 e. The van der Waals surface area contributed by atoms with Crippen molar-refractivity contribution in [1.29, 1.82) is 0 Å². The molecular formula is C67H77BN2O. The standard InChI is InChI=1S/C67H77BN2O/c1-40-32-55-58-56(33-40)70(53-38-50-48(64(9,10)28-30-66(50,13)14)36-44(53)41-20-18-17-19-21-41)54-39-51-49(65(11,12)29-31-67(51,15)16)37-52(54)68(58)60-59(45-34-42(61(2,3)4)22-25-57(45)71-60)69(55)43-23-24-46-47(35-43)63(7,8)27-26-62(46,5)6/h17-25,32-39H,26-31H2,1-16H3/i17D,18D,19D,20D,21D. The van der Waals surface area contributed by atoms with Crippen molar-refractivity contribution in [3.8, 4) is 11.1 Å². The predicted octanol–water partition coefficient (Wildman–Crippen LogP) is 16.8. The van der Waals surface area contributed by atoms with Gasteiger partial charge in [-0.05, 0) is 199 Å². The summed E-state index contributed by atoms with van der Waals surface area (Å²) >= 11 is 0. The Balaban J connectivity index is 1.26. The third-order valence-corrected chi connectivity index (χ3v) is 18.7. The van der Waals surface area contributed by atoms with E-state index in [1.165, 1.54) is 33.4 Å². The van der Waals surface area contributed by atoms with Gasteiger partial charge >= 0.3 is 0 Å². The molecule has 0 spiro atoms. The maximum atomic E-state index is 9.67. The Labute approximate surface area is 433 Å². The van der Waals surface area contributed by atoms with Gasteiger partial charge in [0.15, 0.2) is 0 Å². The molecule has 2 aliphatic heterocycles. The third kappa shape index (κ3) is 6.88. The zero-order valence-corrected chi connectivity index (χ0v) is 45.6. The minimum absolute atomic E-state index is 0.0318. The van der Waals surface area contributed by atoms with Gasteiger partial charge < -0.3 is 14.2 Å². The molecule has 12 rings (SSSR count). The van der Waals surface area contributed by atoms with E-state index in [0.29, 0.717) is 5.56 Å². The van der Waals surface area contributed by atoms with Crippen LogP contribution in [-0.2, 0) is 37.9 Å². The Morgan fingerprint density at radius 2 is 1.03 bits per heavy atom. The Morgan fingerprint density at radius 1 is 0.521 bits per heavy atom. The maximum absolute atomic E-state index is 9.67. The van der Waals surface area contributed by atoms with E-state index in [9.17, 15) is 2.74 Å². The van der Waals surface area contributed by atoms with Gasteiger partial charge in [-0.25, -0.2) is 0 Å². The number of furan rings is 1. The molecule has 0 amide bonds.